The van der Waals surface area contributed by atoms with Crippen LogP contribution in [0.15, 0.2) is 31.0 Å². The van der Waals surface area contributed by atoms with Gasteiger partial charge in [-0.05, 0) is 7.05 Å². The van der Waals surface area contributed by atoms with Crippen molar-refractivity contribution in [3.63, 3.8) is 0 Å². The molecule has 0 spiro atoms. The van der Waals surface area contributed by atoms with Gasteiger partial charge in [-0.15, -0.1) is 0 Å². The van der Waals surface area contributed by atoms with Crippen molar-refractivity contribution in [2.45, 2.75) is 13.1 Å². The minimum atomic E-state index is 0.742. The summed E-state index contributed by atoms with van der Waals surface area (Å²) in [7, 11) is 2.05. The lowest BCUT2D eigenvalue weighted by molar-refractivity contribution is 0.122. The summed E-state index contributed by atoms with van der Waals surface area (Å²) in [5.41, 5.74) is 2.04. The molecule has 22 heavy (non-hydrogen) atoms. The molecule has 0 amide bonds. The molecule has 0 atom stereocenters. The number of ether oxygens (including phenoxy) is 1. The zero-order valence-corrected chi connectivity index (χ0v) is 12.7. The molecule has 116 valence electrons. The smallest absolute Gasteiger partial charge is 0.225 e. The van der Waals surface area contributed by atoms with Crippen molar-refractivity contribution < 1.29 is 4.74 Å². The summed E-state index contributed by atoms with van der Waals surface area (Å²) in [4.78, 5) is 21.6. The normalized spacial score (nSPS) is 15.3. The number of hydrogen-bond acceptors (Lipinski definition) is 7. The van der Waals surface area contributed by atoms with Crippen LogP contribution in [0.25, 0.3) is 0 Å². The summed E-state index contributed by atoms with van der Waals surface area (Å²) in [6, 6.07) is 0. The van der Waals surface area contributed by atoms with Crippen LogP contribution >= 0.6 is 0 Å². The predicted molar refractivity (Wildman–Crippen MR) is 82.3 cm³/mol. The van der Waals surface area contributed by atoms with E-state index in [1.165, 1.54) is 0 Å². The second-order valence-corrected chi connectivity index (χ2v) is 5.36. The molecule has 7 nitrogen and oxygen atoms in total. The topological polar surface area (TPSA) is 67.3 Å². The van der Waals surface area contributed by atoms with Crippen LogP contribution < -0.4 is 4.90 Å². The second kappa shape index (κ2) is 7.24. The number of aromatic nitrogens is 4. The van der Waals surface area contributed by atoms with Crippen LogP contribution in [0.3, 0.4) is 0 Å². The first-order valence-electron chi connectivity index (χ1n) is 7.38. The average molecular weight is 300 g/mol. The number of hydrogen-bond donors (Lipinski definition) is 0. The van der Waals surface area contributed by atoms with Gasteiger partial charge in [0, 0.05) is 62.7 Å². The van der Waals surface area contributed by atoms with Gasteiger partial charge in [0.25, 0.3) is 0 Å². The molecule has 0 aromatic carbocycles. The Balaban J connectivity index is 1.56. The third-order valence-corrected chi connectivity index (χ3v) is 3.49. The number of nitrogens with zero attached hydrogens (tertiary/aromatic N) is 6. The van der Waals surface area contributed by atoms with Gasteiger partial charge in [-0.2, -0.15) is 0 Å². The highest BCUT2D eigenvalue weighted by molar-refractivity contribution is 5.30. The molecule has 0 radical (unpaired) electrons. The maximum atomic E-state index is 5.34. The van der Waals surface area contributed by atoms with Crippen LogP contribution in [0.4, 0.5) is 5.95 Å². The Kier molecular flexibility index (Phi) is 4.87. The fraction of sp³-hybridized carbons (Fsp3) is 0.467. The summed E-state index contributed by atoms with van der Waals surface area (Å²) in [6.45, 7) is 4.72. The van der Waals surface area contributed by atoms with E-state index in [0.717, 1.165) is 56.6 Å². The lowest BCUT2D eigenvalue weighted by Gasteiger charge is -2.26. The molecule has 1 saturated heterocycles. The highest BCUT2D eigenvalue weighted by Crippen LogP contribution is 2.11. The highest BCUT2D eigenvalue weighted by atomic mass is 16.5. The molecule has 1 aliphatic heterocycles. The van der Waals surface area contributed by atoms with Gasteiger partial charge in [0.2, 0.25) is 5.95 Å². The molecule has 1 fully saturated rings. The Hall–Kier alpha value is -2.12. The summed E-state index contributed by atoms with van der Waals surface area (Å²) in [6.07, 6.45) is 8.97. The predicted octanol–water partition coefficient (Wildman–Crippen LogP) is 0.735. The Labute approximate surface area is 130 Å². The van der Waals surface area contributed by atoms with Gasteiger partial charge in [-0.1, -0.05) is 0 Å². The Morgan fingerprint density at radius 2 is 1.82 bits per heavy atom. The van der Waals surface area contributed by atoms with E-state index in [2.05, 4.69) is 29.7 Å². The monoisotopic (exact) mass is 300 g/mol. The summed E-state index contributed by atoms with van der Waals surface area (Å²) < 4.78 is 5.34. The fourth-order valence-corrected chi connectivity index (χ4v) is 2.41. The van der Waals surface area contributed by atoms with Gasteiger partial charge < -0.3 is 9.64 Å². The third kappa shape index (κ3) is 3.96. The maximum Gasteiger partial charge on any atom is 0.225 e. The molecule has 0 unspecified atom stereocenters. The van der Waals surface area contributed by atoms with E-state index >= 15 is 0 Å². The first-order valence-corrected chi connectivity index (χ1v) is 7.38. The highest BCUT2D eigenvalue weighted by Gasteiger charge is 2.13. The van der Waals surface area contributed by atoms with Crippen molar-refractivity contribution in [1.82, 2.24) is 24.8 Å². The summed E-state index contributed by atoms with van der Waals surface area (Å²) in [5, 5.41) is 0. The molecular weight excluding hydrogens is 280 g/mol. The molecule has 0 aliphatic carbocycles. The van der Waals surface area contributed by atoms with Gasteiger partial charge in [0.05, 0.1) is 18.9 Å². The molecular formula is C15H20N6O. The van der Waals surface area contributed by atoms with Gasteiger partial charge in [0.15, 0.2) is 0 Å². The van der Waals surface area contributed by atoms with Gasteiger partial charge in [-0.25, -0.2) is 9.97 Å². The average Bonchev–Trinajstić information content (AvgIpc) is 2.57. The van der Waals surface area contributed by atoms with Crippen molar-refractivity contribution in [2.75, 3.05) is 38.3 Å². The molecule has 2 aromatic rings. The van der Waals surface area contributed by atoms with Gasteiger partial charge >= 0.3 is 0 Å². The quantitative estimate of drug-likeness (QED) is 0.806. The molecule has 1 aliphatic rings. The Morgan fingerprint density at radius 1 is 1.05 bits per heavy atom. The zero-order chi connectivity index (χ0) is 15.2. The number of morpholine rings is 1. The second-order valence-electron chi connectivity index (χ2n) is 5.36. The fourth-order valence-electron chi connectivity index (χ4n) is 2.41. The largest absolute Gasteiger partial charge is 0.378 e. The van der Waals surface area contributed by atoms with Crippen LogP contribution in [0, 0.1) is 0 Å². The van der Waals surface area contributed by atoms with E-state index < -0.39 is 0 Å². The molecule has 0 N–H and O–H groups in total. The van der Waals surface area contributed by atoms with Crippen LogP contribution in [0.5, 0.6) is 0 Å². The number of anilines is 1. The van der Waals surface area contributed by atoms with E-state index in [9.17, 15) is 0 Å². The first-order chi connectivity index (χ1) is 10.8. The summed E-state index contributed by atoms with van der Waals surface area (Å²) in [5.74, 6) is 0.781. The standard InChI is InChI=1S/C15H20N6O/c1-20(12-14-10-16-2-3-17-14)11-13-8-18-15(19-9-13)21-4-6-22-7-5-21/h2-3,8-10H,4-7,11-12H2,1H3. The Bertz CT molecular complexity index is 570. The van der Waals surface area contributed by atoms with Crippen molar-refractivity contribution in [3.8, 4) is 0 Å². The third-order valence-electron chi connectivity index (χ3n) is 3.49. The summed E-state index contributed by atoms with van der Waals surface area (Å²) >= 11 is 0. The van der Waals surface area contributed by atoms with Crippen LogP contribution in [-0.2, 0) is 17.8 Å². The SMILES string of the molecule is CN(Cc1cnc(N2CCOCC2)nc1)Cc1cnccn1. The van der Waals surface area contributed by atoms with Gasteiger partial charge in [-0.3, -0.25) is 14.9 Å². The molecule has 2 aromatic heterocycles. The van der Waals surface area contributed by atoms with E-state index in [1.54, 1.807) is 18.6 Å². The van der Waals surface area contributed by atoms with Crippen LogP contribution in [0.1, 0.15) is 11.3 Å². The van der Waals surface area contributed by atoms with Crippen molar-refractivity contribution >= 4 is 5.95 Å². The molecule has 0 saturated carbocycles. The lowest BCUT2D eigenvalue weighted by atomic mass is 10.3. The van der Waals surface area contributed by atoms with E-state index in [-0.39, 0.29) is 0 Å². The van der Waals surface area contributed by atoms with E-state index in [0.29, 0.717) is 0 Å². The molecule has 3 rings (SSSR count). The lowest BCUT2D eigenvalue weighted by Crippen LogP contribution is -2.37. The van der Waals surface area contributed by atoms with Crippen LogP contribution in [0.2, 0.25) is 0 Å². The minimum Gasteiger partial charge on any atom is -0.378 e. The van der Waals surface area contributed by atoms with Crippen molar-refractivity contribution in [2.24, 2.45) is 0 Å². The molecule has 7 heteroatoms. The number of rotatable bonds is 5. The molecule has 0 bridgehead atoms. The zero-order valence-electron chi connectivity index (χ0n) is 12.7. The van der Waals surface area contributed by atoms with E-state index in [4.69, 9.17) is 4.74 Å². The van der Waals surface area contributed by atoms with Gasteiger partial charge in [0.1, 0.15) is 0 Å². The Morgan fingerprint density at radius 3 is 2.50 bits per heavy atom. The maximum absolute atomic E-state index is 5.34. The van der Waals surface area contributed by atoms with E-state index in [1.807, 2.05) is 19.4 Å². The van der Waals surface area contributed by atoms with Crippen LogP contribution in [-0.4, -0.2) is 58.2 Å². The van der Waals surface area contributed by atoms with Crippen molar-refractivity contribution in [1.29, 1.82) is 0 Å². The molecule has 3 heterocycles. The first kappa shape index (κ1) is 14.8. The minimum absolute atomic E-state index is 0.742. The van der Waals surface area contributed by atoms with Crippen molar-refractivity contribution in [3.05, 3.63) is 42.2 Å².